The van der Waals surface area contributed by atoms with Gasteiger partial charge in [0.2, 0.25) is 5.91 Å². The maximum Gasteiger partial charge on any atom is 0.333 e. The van der Waals surface area contributed by atoms with Crippen LogP contribution in [0.5, 0.6) is 5.75 Å². The lowest BCUT2D eigenvalue weighted by molar-refractivity contribution is -0.212. The van der Waals surface area contributed by atoms with Gasteiger partial charge >= 0.3 is 11.9 Å². The van der Waals surface area contributed by atoms with Crippen molar-refractivity contribution in [2.24, 2.45) is 5.41 Å². The smallest absolute Gasteiger partial charge is 0.333 e. The highest BCUT2D eigenvalue weighted by molar-refractivity contribution is 6.06. The van der Waals surface area contributed by atoms with E-state index in [1.807, 2.05) is 42.5 Å². The molecule has 1 aliphatic rings. The van der Waals surface area contributed by atoms with Crippen LogP contribution in [-0.4, -0.2) is 48.6 Å². The minimum atomic E-state index is -1.35. The zero-order valence-electron chi connectivity index (χ0n) is 19.6. The second-order valence-corrected chi connectivity index (χ2v) is 8.30. The minimum absolute atomic E-state index is 0.162. The lowest BCUT2D eigenvalue weighted by atomic mass is 9.56. The highest BCUT2D eigenvalue weighted by Crippen LogP contribution is 2.54. The van der Waals surface area contributed by atoms with Crippen molar-refractivity contribution in [3.8, 4) is 5.75 Å². The molecule has 176 valence electrons. The van der Waals surface area contributed by atoms with Crippen molar-refractivity contribution in [2.75, 3.05) is 20.3 Å². The molecule has 2 atom stereocenters. The Bertz CT molecular complexity index is 990. The van der Waals surface area contributed by atoms with E-state index in [9.17, 15) is 14.4 Å². The molecule has 3 rings (SSSR count). The summed E-state index contributed by atoms with van der Waals surface area (Å²) < 4.78 is 15.9. The Morgan fingerprint density at radius 2 is 1.55 bits per heavy atom. The molecule has 33 heavy (non-hydrogen) atoms. The number of carbonyl (C=O) groups excluding carboxylic acids is 3. The average Bonchev–Trinajstić information content (AvgIpc) is 2.82. The number of likely N-dealkylation sites (tertiary alicyclic amines) is 1. The molecular formula is C26H31NO6. The molecular weight excluding hydrogens is 422 g/mol. The summed E-state index contributed by atoms with van der Waals surface area (Å²) >= 11 is 0. The monoisotopic (exact) mass is 453 g/mol. The minimum Gasteiger partial charge on any atom is -0.497 e. The Kier molecular flexibility index (Phi) is 7.41. The van der Waals surface area contributed by atoms with Crippen LogP contribution in [0, 0.1) is 5.41 Å². The van der Waals surface area contributed by atoms with Crippen molar-refractivity contribution in [3.05, 3.63) is 65.7 Å². The molecule has 7 heteroatoms. The number of benzene rings is 2. The number of ether oxygens (including phenoxy) is 3. The van der Waals surface area contributed by atoms with Crippen LogP contribution in [-0.2, 0) is 36.8 Å². The summed E-state index contributed by atoms with van der Waals surface area (Å²) in [6.07, 6.45) is 0.0227. The number of β-lactam (4-membered cyclic amide) rings is 1. The Balaban J connectivity index is 2.07. The van der Waals surface area contributed by atoms with Crippen molar-refractivity contribution in [1.29, 1.82) is 0 Å². The van der Waals surface area contributed by atoms with Gasteiger partial charge in [0.25, 0.3) is 0 Å². The van der Waals surface area contributed by atoms with E-state index < -0.39 is 22.9 Å². The van der Waals surface area contributed by atoms with Gasteiger partial charge in [-0.3, -0.25) is 9.59 Å². The molecule has 0 N–H and O–H groups in total. The van der Waals surface area contributed by atoms with Crippen molar-refractivity contribution >= 4 is 17.8 Å². The number of hydrogen-bond donors (Lipinski definition) is 0. The summed E-state index contributed by atoms with van der Waals surface area (Å²) in [4.78, 5) is 41.2. The van der Waals surface area contributed by atoms with Crippen LogP contribution < -0.4 is 4.74 Å². The maximum absolute atomic E-state index is 13.6. The van der Waals surface area contributed by atoms with E-state index in [1.165, 1.54) is 0 Å². The van der Waals surface area contributed by atoms with Gasteiger partial charge in [0.15, 0.2) is 5.54 Å². The standard InChI is InChI=1S/C26H31NO6/c1-5-32-22(28)17-25(3)23(29)27(18-20-12-14-21(31-4)15-13-20)26(25,24(30)33-6-2)16-19-10-8-7-9-11-19/h7-15H,5-6,16-18H2,1-4H3/t25?,26-/m1/s1. The third kappa shape index (κ3) is 4.45. The Labute approximate surface area is 194 Å². The Morgan fingerprint density at radius 1 is 0.909 bits per heavy atom. The summed E-state index contributed by atoms with van der Waals surface area (Å²) in [6.45, 7) is 5.66. The third-order valence-corrected chi connectivity index (χ3v) is 6.31. The molecule has 1 aliphatic heterocycles. The van der Waals surface area contributed by atoms with Crippen molar-refractivity contribution in [3.63, 3.8) is 0 Å². The van der Waals surface area contributed by atoms with Gasteiger partial charge < -0.3 is 19.1 Å². The summed E-state index contributed by atoms with van der Waals surface area (Å²) in [7, 11) is 1.58. The molecule has 0 spiro atoms. The van der Waals surface area contributed by atoms with Gasteiger partial charge in [-0.25, -0.2) is 4.79 Å². The van der Waals surface area contributed by atoms with Gasteiger partial charge in [-0.15, -0.1) is 0 Å². The molecule has 1 heterocycles. The molecule has 0 bridgehead atoms. The fourth-order valence-corrected chi connectivity index (χ4v) is 4.58. The summed E-state index contributed by atoms with van der Waals surface area (Å²) in [6, 6.07) is 16.8. The topological polar surface area (TPSA) is 82.1 Å². The zero-order valence-corrected chi connectivity index (χ0v) is 19.6. The van der Waals surface area contributed by atoms with Crippen LogP contribution >= 0.6 is 0 Å². The normalized spacial score (nSPS) is 21.8. The molecule has 0 aromatic heterocycles. The largest absolute Gasteiger partial charge is 0.497 e. The second-order valence-electron chi connectivity index (χ2n) is 8.30. The number of hydrogen-bond acceptors (Lipinski definition) is 6. The summed E-state index contributed by atoms with van der Waals surface area (Å²) in [5.41, 5.74) is -0.945. The lowest BCUT2D eigenvalue weighted by Crippen LogP contribution is -2.81. The van der Waals surface area contributed by atoms with E-state index in [1.54, 1.807) is 44.9 Å². The van der Waals surface area contributed by atoms with E-state index in [0.29, 0.717) is 5.75 Å². The van der Waals surface area contributed by atoms with E-state index in [0.717, 1.165) is 11.1 Å². The van der Waals surface area contributed by atoms with E-state index in [-0.39, 0.29) is 38.5 Å². The predicted molar refractivity (Wildman–Crippen MR) is 122 cm³/mol. The first-order valence-corrected chi connectivity index (χ1v) is 11.1. The number of nitrogens with zero attached hydrogens (tertiary/aromatic N) is 1. The highest BCUT2D eigenvalue weighted by atomic mass is 16.5. The van der Waals surface area contributed by atoms with E-state index in [2.05, 4.69) is 0 Å². The van der Waals surface area contributed by atoms with Gasteiger partial charge in [0.1, 0.15) is 5.75 Å². The van der Waals surface area contributed by atoms with E-state index >= 15 is 0 Å². The fraction of sp³-hybridized carbons (Fsp3) is 0.423. The molecule has 0 saturated carbocycles. The molecule has 1 fully saturated rings. The highest BCUT2D eigenvalue weighted by Gasteiger charge is 2.73. The number of esters is 2. The van der Waals surface area contributed by atoms with Crippen LogP contribution in [0.4, 0.5) is 0 Å². The molecule has 0 aliphatic carbocycles. The predicted octanol–water partition coefficient (Wildman–Crippen LogP) is 3.54. The first-order valence-electron chi connectivity index (χ1n) is 11.1. The average molecular weight is 454 g/mol. The van der Waals surface area contributed by atoms with Crippen molar-refractivity contribution in [1.82, 2.24) is 4.90 Å². The zero-order chi connectivity index (χ0) is 24.1. The quantitative estimate of drug-likeness (QED) is 0.404. The molecule has 0 radical (unpaired) electrons. The first kappa shape index (κ1) is 24.3. The number of amides is 1. The third-order valence-electron chi connectivity index (χ3n) is 6.31. The number of rotatable bonds is 10. The van der Waals surface area contributed by atoms with Crippen molar-refractivity contribution in [2.45, 2.75) is 45.7 Å². The number of methoxy groups -OCH3 is 1. The molecule has 1 saturated heterocycles. The van der Waals surface area contributed by atoms with Gasteiger partial charge in [-0.1, -0.05) is 42.5 Å². The van der Waals surface area contributed by atoms with Crippen molar-refractivity contribution < 1.29 is 28.6 Å². The molecule has 2 aromatic rings. The van der Waals surface area contributed by atoms with Gasteiger partial charge in [0, 0.05) is 13.0 Å². The second kappa shape index (κ2) is 10.1. The van der Waals surface area contributed by atoms with Gasteiger partial charge in [0.05, 0.1) is 32.2 Å². The Morgan fingerprint density at radius 3 is 2.12 bits per heavy atom. The summed E-state index contributed by atoms with van der Waals surface area (Å²) in [5, 5.41) is 0. The lowest BCUT2D eigenvalue weighted by Gasteiger charge is -2.61. The van der Waals surface area contributed by atoms with Crippen LogP contribution in [0.2, 0.25) is 0 Å². The molecule has 7 nitrogen and oxygen atoms in total. The van der Waals surface area contributed by atoms with Crippen LogP contribution in [0.25, 0.3) is 0 Å². The van der Waals surface area contributed by atoms with Gasteiger partial charge in [-0.2, -0.15) is 0 Å². The molecule has 1 amide bonds. The Hall–Kier alpha value is -3.35. The first-order chi connectivity index (χ1) is 15.8. The van der Waals surface area contributed by atoms with Crippen LogP contribution in [0.15, 0.2) is 54.6 Å². The van der Waals surface area contributed by atoms with E-state index in [4.69, 9.17) is 14.2 Å². The number of carbonyl (C=O) groups is 3. The molecule has 2 aromatic carbocycles. The molecule has 1 unspecified atom stereocenters. The summed E-state index contributed by atoms with van der Waals surface area (Å²) in [5.74, 6) is -0.620. The van der Waals surface area contributed by atoms with Crippen LogP contribution in [0.3, 0.4) is 0 Å². The fourth-order valence-electron chi connectivity index (χ4n) is 4.58. The maximum atomic E-state index is 13.6. The SMILES string of the molecule is CCOC(=O)CC1(C)C(=O)N(Cc2ccc(OC)cc2)[C@]1(Cc1ccccc1)C(=O)OCC. The van der Waals surface area contributed by atoms with Crippen LogP contribution in [0.1, 0.15) is 38.3 Å². The van der Waals surface area contributed by atoms with Gasteiger partial charge in [-0.05, 0) is 44.0 Å².